The summed E-state index contributed by atoms with van der Waals surface area (Å²) in [4.78, 5) is 53.1. The zero-order valence-corrected chi connectivity index (χ0v) is 23.1. The third kappa shape index (κ3) is 10.00. The highest BCUT2D eigenvalue weighted by Gasteiger charge is 2.45. The van der Waals surface area contributed by atoms with Crippen molar-refractivity contribution in [1.29, 1.82) is 0 Å². The van der Waals surface area contributed by atoms with Crippen LogP contribution < -0.4 is 5.32 Å². The van der Waals surface area contributed by atoms with Crippen molar-refractivity contribution < 1.29 is 33.4 Å². The van der Waals surface area contributed by atoms with Gasteiger partial charge in [0, 0.05) is 0 Å². The first-order valence-electron chi connectivity index (χ1n) is 12.8. The molecule has 0 bridgehead atoms. The lowest BCUT2D eigenvalue weighted by Gasteiger charge is -2.30. The quantitative estimate of drug-likeness (QED) is 0.239. The Morgan fingerprint density at radius 1 is 0.842 bits per heavy atom. The molecule has 0 heterocycles. The van der Waals surface area contributed by atoms with Crippen molar-refractivity contribution in [2.45, 2.75) is 65.7 Å². The lowest BCUT2D eigenvalue weighted by Crippen LogP contribution is -2.51. The maximum absolute atomic E-state index is 14.0. The van der Waals surface area contributed by atoms with E-state index in [1.807, 2.05) is 74.5 Å². The number of esters is 2. The number of ketones is 1. The van der Waals surface area contributed by atoms with Crippen molar-refractivity contribution in [3.63, 3.8) is 0 Å². The molecular weight excluding hydrogens is 486 g/mol. The molecule has 8 nitrogen and oxygen atoms in total. The second-order valence-electron chi connectivity index (χ2n) is 10.6. The van der Waals surface area contributed by atoms with Crippen LogP contribution in [0, 0.1) is 17.8 Å². The molecule has 2 aromatic carbocycles. The highest BCUT2D eigenvalue weighted by atomic mass is 16.6. The Balaban J connectivity index is 2.41. The van der Waals surface area contributed by atoms with Crippen molar-refractivity contribution in [3.8, 4) is 0 Å². The SMILES string of the molecule is COC(=O)[C@H](CC(C)C)C(C(=O)OC(C)(C)C)C(=O)[C@H](Cc1ccccc1)NC(=O)OCc1ccccc1. The van der Waals surface area contributed by atoms with E-state index in [-0.39, 0.29) is 25.4 Å². The lowest BCUT2D eigenvalue weighted by atomic mass is 9.79. The van der Waals surface area contributed by atoms with Gasteiger partial charge in [-0.1, -0.05) is 74.5 Å². The van der Waals surface area contributed by atoms with Gasteiger partial charge in [-0.05, 0) is 50.7 Å². The number of methoxy groups -OCH3 is 1. The van der Waals surface area contributed by atoms with Crippen LogP contribution in [-0.2, 0) is 41.6 Å². The predicted octanol–water partition coefficient (Wildman–Crippen LogP) is 4.89. The van der Waals surface area contributed by atoms with Crippen LogP contribution in [0.2, 0.25) is 0 Å². The van der Waals surface area contributed by atoms with Gasteiger partial charge in [-0.3, -0.25) is 14.4 Å². The van der Waals surface area contributed by atoms with Gasteiger partial charge < -0.3 is 19.5 Å². The Bertz CT molecular complexity index is 1060. The maximum atomic E-state index is 14.0. The highest BCUT2D eigenvalue weighted by Crippen LogP contribution is 2.28. The summed E-state index contributed by atoms with van der Waals surface area (Å²) in [5.41, 5.74) is 0.643. The minimum atomic E-state index is -1.48. The fourth-order valence-corrected chi connectivity index (χ4v) is 4.07. The van der Waals surface area contributed by atoms with Crippen LogP contribution in [0.1, 0.15) is 52.2 Å². The van der Waals surface area contributed by atoms with Gasteiger partial charge in [-0.15, -0.1) is 0 Å². The molecule has 0 aliphatic carbocycles. The van der Waals surface area contributed by atoms with Crippen LogP contribution in [0.4, 0.5) is 4.79 Å². The van der Waals surface area contributed by atoms with Crippen molar-refractivity contribution in [3.05, 3.63) is 71.8 Å². The van der Waals surface area contributed by atoms with Gasteiger partial charge in [0.25, 0.3) is 0 Å². The summed E-state index contributed by atoms with van der Waals surface area (Å²) in [5.74, 6) is -4.75. The van der Waals surface area contributed by atoms with E-state index >= 15 is 0 Å². The average molecular weight is 526 g/mol. The number of rotatable bonds is 12. The third-order valence-corrected chi connectivity index (χ3v) is 5.73. The van der Waals surface area contributed by atoms with Gasteiger partial charge in [-0.2, -0.15) is 0 Å². The summed E-state index contributed by atoms with van der Waals surface area (Å²) >= 11 is 0. The summed E-state index contributed by atoms with van der Waals surface area (Å²) in [6.45, 7) is 8.82. The second kappa shape index (κ2) is 14.3. The van der Waals surface area contributed by atoms with Gasteiger partial charge in [0.1, 0.15) is 18.1 Å². The largest absolute Gasteiger partial charge is 0.469 e. The second-order valence-corrected chi connectivity index (χ2v) is 10.6. The molecule has 0 fully saturated rings. The van der Waals surface area contributed by atoms with E-state index in [0.29, 0.717) is 0 Å². The number of alkyl carbamates (subject to hydrolysis) is 1. The van der Waals surface area contributed by atoms with Gasteiger partial charge >= 0.3 is 18.0 Å². The molecule has 206 valence electrons. The Hall–Kier alpha value is -3.68. The van der Waals surface area contributed by atoms with Crippen molar-refractivity contribution in [1.82, 2.24) is 5.32 Å². The molecule has 1 amide bonds. The minimum Gasteiger partial charge on any atom is -0.469 e. The number of ether oxygens (including phenoxy) is 3. The average Bonchev–Trinajstić information content (AvgIpc) is 2.86. The molecule has 0 spiro atoms. The van der Waals surface area contributed by atoms with Crippen molar-refractivity contribution in [2.75, 3.05) is 7.11 Å². The summed E-state index contributed by atoms with van der Waals surface area (Å²) < 4.78 is 15.9. The van der Waals surface area contributed by atoms with E-state index in [0.717, 1.165) is 11.1 Å². The highest BCUT2D eigenvalue weighted by molar-refractivity contribution is 6.05. The number of nitrogens with one attached hydrogen (secondary N) is 1. The third-order valence-electron chi connectivity index (χ3n) is 5.73. The zero-order chi connectivity index (χ0) is 28.3. The summed E-state index contributed by atoms with van der Waals surface area (Å²) in [7, 11) is 1.22. The van der Waals surface area contributed by atoms with Crippen molar-refractivity contribution >= 4 is 23.8 Å². The standard InChI is InChI=1S/C30H39NO7/c1-20(2)17-23(27(33)36-6)25(28(34)38-30(3,4)5)26(32)24(18-21-13-9-7-10-14-21)31-29(35)37-19-22-15-11-8-12-16-22/h7-16,20,23-25H,17-19H2,1-6H3,(H,31,35)/t23-,24+,25?/m1/s1. The van der Waals surface area contributed by atoms with Gasteiger partial charge in [0.05, 0.1) is 19.1 Å². The van der Waals surface area contributed by atoms with E-state index < -0.39 is 47.3 Å². The molecule has 0 saturated heterocycles. The fourth-order valence-electron chi connectivity index (χ4n) is 4.07. The molecule has 0 saturated carbocycles. The molecule has 0 aliphatic rings. The van der Waals surface area contributed by atoms with E-state index in [1.54, 1.807) is 20.8 Å². The number of hydrogen-bond donors (Lipinski definition) is 1. The maximum Gasteiger partial charge on any atom is 0.408 e. The minimum absolute atomic E-state index is 0.00650. The normalized spacial score (nSPS) is 13.7. The van der Waals surface area contributed by atoms with E-state index in [4.69, 9.17) is 14.2 Å². The Morgan fingerprint density at radius 2 is 1.39 bits per heavy atom. The van der Waals surface area contributed by atoms with Crippen LogP contribution in [0.25, 0.3) is 0 Å². The van der Waals surface area contributed by atoms with Gasteiger partial charge in [0.2, 0.25) is 0 Å². The number of carbonyl (C=O) groups excluding carboxylic acids is 4. The number of hydrogen-bond acceptors (Lipinski definition) is 7. The topological polar surface area (TPSA) is 108 Å². The molecule has 8 heteroatoms. The molecular formula is C30H39NO7. The fraction of sp³-hybridized carbons (Fsp3) is 0.467. The monoisotopic (exact) mass is 525 g/mol. The molecule has 1 N–H and O–H groups in total. The van der Waals surface area contributed by atoms with Crippen molar-refractivity contribution in [2.24, 2.45) is 17.8 Å². The smallest absolute Gasteiger partial charge is 0.408 e. The van der Waals surface area contributed by atoms with E-state index in [1.165, 1.54) is 7.11 Å². The van der Waals surface area contributed by atoms with E-state index in [2.05, 4.69) is 5.32 Å². The molecule has 0 aliphatic heterocycles. The zero-order valence-electron chi connectivity index (χ0n) is 23.1. The summed E-state index contributed by atoms with van der Waals surface area (Å²) in [6, 6.07) is 17.0. The number of benzene rings is 2. The molecule has 38 heavy (non-hydrogen) atoms. The first kappa shape index (κ1) is 30.5. The summed E-state index contributed by atoms with van der Waals surface area (Å²) in [6.07, 6.45) is -0.502. The number of amides is 1. The Morgan fingerprint density at radius 3 is 1.89 bits per heavy atom. The Labute approximate surface area is 225 Å². The lowest BCUT2D eigenvalue weighted by molar-refractivity contribution is -0.170. The van der Waals surface area contributed by atoms with Crippen LogP contribution in [0.3, 0.4) is 0 Å². The summed E-state index contributed by atoms with van der Waals surface area (Å²) in [5, 5.41) is 2.63. The Kier molecular flexibility index (Phi) is 11.5. The number of Topliss-reactive ketones (excluding diaryl/α,β-unsaturated/α-hetero) is 1. The van der Waals surface area contributed by atoms with Crippen LogP contribution in [-0.4, -0.2) is 42.6 Å². The van der Waals surface area contributed by atoms with Gasteiger partial charge in [0.15, 0.2) is 5.78 Å². The van der Waals surface area contributed by atoms with E-state index in [9.17, 15) is 19.2 Å². The molecule has 0 radical (unpaired) electrons. The van der Waals surface area contributed by atoms with Crippen LogP contribution in [0.5, 0.6) is 0 Å². The van der Waals surface area contributed by atoms with Crippen LogP contribution >= 0.6 is 0 Å². The molecule has 1 unspecified atom stereocenters. The molecule has 3 atom stereocenters. The molecule has 0 aromatic heterocycles. The first-order chi connectivity index (χ1) is 17.9. The van der Waals surface area contributed by atoms with Crippen LogP contribution in [0.15, 0.2) is 60.7 Å². The molecule has 2 aromatic rings. The van der Waals surface area contributed by atoms with Gasteiger partial charge in [-0.25, -0.2) is 4.79 Å². The first-order valence-corrected chi connectivity index (χ1v) is 12.8. The molecule has 2 rings (SSSR count). The predicted molar refractivity (Wildman–Crippen MR) is 143 cm³/mol. The number of carbonyl (C=O) groups is 4.